The number of H-pyrrole nitrogens is 1. The Balaban J connectivity index is 1.79. The average Bonchev–Trinajstić information content (AvgIpc) is 3.30. The van der Waals surface area contributed by atoms with E-state index in [0.717, 1.165) is 4.47 Å². The first-order valence-electron chi connectivity index (χ1n) is 8.73. The highest BCUT2D eigenvalue weighted by atomic mass is 79.9. The number of para-hydroxylation sites is 1. The van der Waals surface area contributed by atoms with E-state index in [1.807, 2.05) is 0 Å². The highest BCUT2D eigenvalue weighted by Crippen LogP contribution is 2.30. The highest BCUT2D eigenvalue weighted by Gasteiger charge is 2.25. The van der Waals surface area contributed by atoms with E-state index in [0.29, 0.717) is 28.5 Å². The standard InChI is InChI=1S/C20H14BrN7O2/c21-14-9-10-17(23-11-14)28(16-4-2-1-3-15(16)18(22)29)20(30)13-7-5-12(6-8-13)19-24-26-27-25-19/h1-11H,(H2,22,29)(H,24,25,26,27). The summed E-state index contributed by atoms with van der Waals surface area (Å²) in [5.74, 6) is -0.259. The Hall–Kier alpha value is -3.92. The minimum absolute atomic E-state index is 0.207. The Morgan fingerprint density at radius 2 is 1.77 bits per heavy atom. The number of anilines is 2. The monoisotopic (exact) mass is 463 g/mol. The van der Waals surface area contributed by atoms with Crippen LogP contribution in [0.2, 0.25) is 0 Å². The zero-order valence-electron chi connectivity index (χ0n) is 15.4. The van der Waals surface area contributed by atoms with Crippen LogP contribution in [0.25, 0.3) is 11.4 Å². The number of aromatic amines is 1. The van der Waals surface area contributed by atoms with Crippen molar-refractivity contribution in [1.29, 1.82) is 0 Å². The van der Waals surface area contributed by atoms with Crippen molar-refractivity contribution >= 4 is 39.2 Å². The minimum Gasteiger partial charge on any atom is -0.366 e. The summed E-state index contributed by atoms with van der Waals surface area (Å²) in [5.41, 5.74) is 7.17. The van der Waals surface area contributed by atoms with Gasteiger partial charge in [0.1, 0.15) is 5.82 Å². The van der Waals surface area contributed by atoms with Gasteiger partial charge in [0.05, 0.1) is 11.3 Å². The maximum absolute atomic E-state index is 13.5. The van der Waals surface area contributed by atoms with E-state index >= 15 is 0 Å². The van der Waals surface area contributed by atoms with E-state index in [1.54, 1.807) is 66.9 Å². The molecule has 0 radical (unpaired) electrons. The molecule has 0 fully saturated rings. The van der Waals surface area contributed by atoms with E-state index in [4.69, 9.17) is 5.73 Å². The number of pyridine rings is 1. The molecule has 3 N–H and O–H groups in total. The summed E-state index contributed by atoms with van der Waals surface area (Å²) < 4.78 is 0.756. The molecular formula is C20H14BrN7O2. The lowest BCUT2D eigenvalue weighted by molar-refractivity contribution is 0.0998. The number of nitrogens with zero attached hydrogens (tertiary/aromatic N) is 5. The second-order valence-electron chi connectivity index (χ2n) is 6.17. The number of carbonyl (C=O) groups is 2. The molecule has 4 rings (SSSR count). The fourth-order valence-corrected chi connectivity index (χ4v) is 3.12. The number of benzene rings is 2. The summed E-state index contributed by atoms with van der Waals surface area (Å²) in [6, 6.07) is 16.8. The lowest BCUT2D eigenvalue weighted by atomic mass is 10.1. The van der Waals surface area contributed by atoms with E-state index in [-0.39, 0.29) is 11.5 Å². The third-order valence-corrected chi connectivity index (χ3v) is 4.76. The van der Waals surface area contributed by atoms with Gasteiger partial charge in [-0.2, -0.15) is 5.21 Å². The van der Waals surface area contributed by atoms with Crippen molar-refractivity contribution in [3.05, 3.63) is 82.5 Å². The Kier molecular flexibility index (Phi) is 5.31. The normalized spacial score (nSPS) is 10.6. The molecule has 2 aromatic carbocycles. The van der Waals surface area contributed by atoms with Gasteiger partial charge in [-0.05, 0) is 57.5 Å². The van der Waals surface area contributed by atoms with Gasteiger partial charge >= 0.3 is 0 Å². The highest BCUT2D eigenvalue weighted by molar-refractivity contribution is 9.10. The Morgan fingerprint density at radius 1 is 1.00 bits per heavy atom. The van der Waals surface area contributed by atoms with Crippen LogP contribution in [0.3, 0.4) is 0 Å². The van der Waals surface area contributed by atoms with Gasteiger partial charge < -0.3 is 5.73 Å². The summed E-state index contributed by atoms with van der Waals surface area (Å²) in [6.07, 6.45) is 1.57. The largest absolute Gasteiger partial charge is 0.366 e. The van der Waals surface area contributed by atoms with Crippen LogP contribution < -0.4 is 10.6 Å². The molecule has 0 saturated heterocycles. The van der Waals surface area contributed by atoms with Gasteiger partial charge in [0, 0.05) is 21.8 Å². The van der Waals surface area contributed by atoms with Crippen LogP contribution in [0, 0.1) is 0 Å². The van der Waals surface area contributed by atoms with Crippen LogP contribution in [0.1, 0.15) is 20.7 Å². The van der Waals surface area contributed by atoms with Crippen molar-refractivity contribution in [3.63, 3.8) is 0 Å². The van der Waals surface area contributed by atoms with Crippen LogP contribution in [0.5, 0.6) is 0 Å². The number of halogens is 1. The number of primary amides is 1. The second-order valence-corrected chi connectivity index (χ2v) is 7.09. The molecular weight excluding hydrogens is 450 g/mol. The van der Waals surface area contributed by atoms with Gasteiger partial charge in [-0.3, -0.25) is 14.5 Å². The number of aromatic nitrogens is 5. The summed E-state index contributed by atoms with van der Waals surface area (Å²) >= 11 is 3.34. The number of hydrogen-bond acceptors (Lipinski definition) is 6. The molecule has 0 spiro atoms. The van der Waals surface area contributed by atoms with Gasteiger partial charge in [-0.1, -0.05) is 24.3 Å². The van der Waals surface area contributed by atoms with E-state index < -0.39 is 5.91 Å². The van der Waals surface area contributed by atoms with Crippen molar-refractivity contribution in [2.24, 2.45) is 5.73 Å². The van der Waals surface area contributed by atoms with Gasteiger partial charge in [-0.15, -0.1) is 10.2 Å². The number of amides is 2. The lowest BCUT2D eigenvalue weighted by Crippen LogP contribution is -2.29. The average molecular weight is 464 g/mol. The Labute approximate surface area is 179 Å². The third-order valence-electron chi connectivity index (χ3n) is 4.29. The maximum atomic E-state index is 13.5. The van der Waals surface area contributed by atoms with Crippen LogP contribution in [0.15, 0.2) is 71.3 Å². The summed E-state index contributed by atoms with van der Waals surface area (Å²) in [5, 5.41) is 13.8. The molecule has 0 bridgehead atoms. The Bertz CT molecular complexity index is 1190. The van der Waals surface area contributed by atoms with E-state index in [2.05, 4.69) is 41.5 Å². The maximum Gasteiger partial charge on any atom is 0.264 e. The molecule has 0 aliphatic rings. The van der Waals surface area contributed by atoms with Gasteiger partial charge in [0.2, 0.25) is 5.82 Å². The van der Waals surface area contributed by atoms with Crippen molar-refractivity contribution in [3.8, 4) is 11.4 Å². The molecule has 0 unspecified atom stereocenters. The van der Waals surface area contributed by atoms with Crippen LogP contribution in [-0.4, -0.2) is 37.4 Å². The second kappa shape index (κ2) is 8.21. The van der Waals surface area contributed by atoms with Crippen LogP contribution >= 0.6 is 15.9 Å². The molecule has 10 heteroatoms. The molecule has 9 nitrogen and oxygen atoms in total. The summed E-state index contributed by atoms with van der Waals surface area (Å²) in [6.45, 7) is 0. The van der Waals surface area contributed by atoms with Gasteiger partial charge in [-0.25, -0.2) is 4.98 Å². The zero-order chi connectivity index (χ0) is 21.1. The predicted octanol–water partition coefficient (Wildman–Crippen LogP) is 3.10. The fraction of sp³-hybridized carbons (Fsp3) is 0. The predicted molar refractivity (Wildman–Crippen MR) is 113 cm³/mol. The van der Waals surface area contributed by atoms with E-state index in [9.17, 15) is 9.59 Å². The number of tetrazole rings is 1. The molecule has 0 aliphatic heterocycles. The molecule has 0 aliphatic carbocycles. The van der Waals surface area contributed by atoms with Crippen LogP contribution in [-0.2, 0) is 0 Å². The first-order chi connectivity index (χ1) is 14.5. The van der Waals surface area contributed by atoms with Crippen molar-refractivity contribution in [2.45, 2.75) is 0 Å². The van der Waals surface area contributed by atoms with Crippen molar-refractivity contribution in [2.75, 3.05) is 4.90 Å². The minimum atomic E-state index is -0.645. The SMILES string of the molecule is NC(=O)c1ccccc1N(C(=O)c1ccc(-c2nn[nH]n2)cc1)c1ccc(Br)cn1. The Morgan fingerprint density at radius 3 is 2.40 bits per heavy atom. The van der Waals surface area contributed by atoms with Crippen LogP contribution in [0.4, 0.5) is 11.5 Å². The number of nitrogens with two attached hydrogens (primary N) is 1. The molecule has 0 saturated carbocycles. The molecule has 2 aromatic heterocycles. The van der Waals surface area contributed by atoms with Crippen molar-refractivity contribution < 1.29 is 9.59 Å². The van der Waals surface area contributed by atoms with Gasteiger partial charge in [0.15, 0.2) is 0 Å². The molecule has 2 amide bonds. The number of nitrogens with one attached hydrogen (secondary N) is 1. The molecule has 2 heterocycles. The number of hydrogen-bond donors (Lipinski definition) is 2. The molecule has 4 aromatic rings. The zero-order valence-corrected chi connectivity index (χ0v) is 16.9. The first kappa shape index (κ1) is 19.4. The van der Waals surface area contributed by atoms with E-state index in [1.165, 1.54) is 4.90 Å². The number of rotatable bonds is 5. The topological polar surface area (TPSA) is 131 Å². The van der Waals surface area contributed by atoms with Crippen molar-refractivity contribution in [1.82, 2.24) is 25.6 Å². The van der Waals surface area contributed by atoms with Gasteiger partial charge in [0.25, 0.3) is 11.8 Å². The summed E-state index contributed by atoms with van der Waals surface area (Å²) in [4.78, 5) is 31.1. The molecule has 148 valence electrons. The fourth-order valence-electron chi connectivity index (χ4n) is 2.89. The smallest absolute Gasteiger partial charge is 0.264 e. The quantitative estimate of drug-likeness (QED) is 0.467. The number of carbonyl (C=O) groups excluding carboxylic acids is 2. The summed E-state index contributed by atoms with van der Waals surface area (Å²) in [7, 11) is 0. The molecule has 0 atom stereocenters. The molecule has 30 heavy (non-hydrogen) atoms. The first-order valence-corrected chi connectivity index (χ1v) is 9.52. The third kappa shape index (κ3) is 3.80. The lowest BCUT2D eigenvalue weighted by Gasteiger charge is -2.24.